The zero-order valence-electron chi connectivity index (χ0n) is 15.4. The van der Waals surface area contributed by atoms with Crippen molar-refractivity contribution in [3.8, 4) is 0 Å². The van der Waals surface area contributed by atoms with Crippen LogP contribution in [-0.4, -0.2) is 53.8 Å². The summed E-state index contributed by atoms with van der Waals surface area (Å²) in [5, 5.41) is 13.0. The number of carbonyl (C=O) groups is 1. The molecular formula is C20H26N2O3. The Balaban J connectivity index is 2.14. The molecule has 0 aliphatic carbocycles. The lowest BCUT2D eigenvalue weighted by Crippen LogP contribution is -2.53. The van der Waals surface area contributed by atoms with Crippen LogP contribution in [0.2, 0.25) is 0 Å². The highest BCUT2D eigenvalue weighted by Gasteiger charge is 2.52. The van der Waals surface area contributed by atoms with Gasteiger partial charge in [-0.2, -0.15) is 5.06 Å². The van der Waals surface area contributed by atoms with Gasteiger partial charge in [-0.05, 0) is 37.8 Å². The first-order valence-corrected chi connectivity index (χ1v) is 8.60. The Morgan fingerprint density at radius 2 is 1.92 bits per heavy atom. The van der Waals surface area contributed by atoms with E-state index in [-0.39, 0.29) is 11.7 Å². The third-order valence-corrected chi connectivity index (χ3v) is 5.63. The second-order valence-electron chi connectivity index (χ2n) is 6.98. The molecule has 2 aliphatic rings. The van der Waals surface area contributed by atoms with Crippen molar-refractivity contribution in [2.75, 3.05) is 27.2 Å². The van der Waals surface area contributed by atoms with Gasteiger partial charge in [0.25, 0.3) is 5.91 Å². The number of hydrogen-bond donors (Lipinski definition) is 1. The molecule has 0 bridgehead atoms. The van der Waals surface area contributed by atoms with Crippen molar-refractivity contribution >= 4 is 17.6 Å². The first kappa shape index (κ1) is 17.7. The molecule has 2 aliphatic heterocycles. The van der Waals surface area contributed by atoms with E-state index in [2.05, 4.69) is 6.58 Å². The third kappa shape index (κ3) is 2.58. The number of hydrogen-bond acceptors (Lipinski definition) is 4. The SMILES string of the molecule is C=Cc1cc(C)cc(C)c1C1=C(O)C2(CCN(OC)CC2)N(C)C1=O. The molecule has 3 rings (SSSR count). The van der Waals surface area contributed by atoms with Crippen LogP contribution in [0.15, 0.2) is 24.5 Å². The lowest BCUT2D eigenvalue weighted by Gasteiger charge is -2.42. The first-order valence-electron chi connectivity index (χ1n) is 8.60. The molecule has 2 heterocycles. The zero-order valence-corrected chi connectivity index (χ0v) is 15.4. The number of aliphatic hydroxyl groups is 1. The summed E-state index contributed by atoms with van der Waals surface area (Å²) in [6.45, 7) is 9.22. The predicted octanol–water partition coefficient (Wildman–Crippen LogP) is 3.08. The molecule has 1 N–H and O–H groups in total. The Kier molecular flexibility index (Phi) is 4.47. The molecule has 134 valence electrons. The van der Waals surface area contributed by atoms with Crippen molar-refractivity contribution in [2.45, 2.75) is 32.2 Å². The van der Waals surface area contributed by atoms with E-state index in [0.717, 1.165) is 22.3 Å². The Morgan fingerprint density at radius 3 is 2.48 bits per heavy atom. The molecule has 1 aromatic rings. The first-order chi connectivity index (χ1) is 11.9. The number of piperidine rings is 1. The minimum Gasteiger partial charge on any atom is -0.509 e. The van der Waals surface area contributed by atoms with Gasteiger partial charge >= 0.3 is 0 Å². The van der Waals surface area contributed by atoms with E-state index in [1.54, 1.807) is 25.1 Å². The molecule has 1 aromatic carbocycles. The molecule has 25 heavy (non-hydrogen) atoms. The number of benzene rings is 1. The van der Waals surface area contributed by atoms with Gasteiger partial charge < -0.3 is 14.8 Å². The van der Waals surface area contributed by atoms with E-state index in [1.807, 2.05) is 31.0 Å². The van der Waals surface area contributed by atoms with Crippen molar-refractivity contribution < 1.29 is 14.7 Å². The van der Waals surface area contributed by atoms with E-state index < -0.39 is 5.54 Å². The fourth-order valence-electron chi connectivity index (χ4n) is 4.19. The molecule has 5 nitrogen and oxygen atoms in total. The third-order valence-electron chi connectivity index (χ3n) is 5.63. The summed E-state index contributed by atoms with van der Waals surface area (Å²) in [5.41, 5.74) is 3.54. The number of aliphatic hydroxyl groups excluding tert-OH is 1. The number of rotatable bonds is 3. The standard InChI is InChI=1S/C20H26N2O3/c1-6-15-12-13(2)11-14(3)16(15)17-18(23)20(21(4)19(17)24)7-9-22(25-5)10-8-20/h6,11-12,23H,1,7-10H2,2-5H3. The molecule has 5 heteroatoms. The van der Waals surface area contributed by atoms with Crippen LogP contribution in [0.25, 0.3) is 11.6 Å². The Labute approximate surface area is 149 Å². The van der Waals surface area contributed by atoms with Gasteiger partial charge in [-0.3, -0.25) is 4.79 Å². The van der Waals surface area contributed by atoms with E-state index >= 15 is 0 Å². The maximum Gasteiger partial charge on any atom is 0.258 e. The van der Waals surface area contributed by atoms with Gasteiger partial charge in [0, 0.05) is 25.7 Å². The molecule has 0 radical (unpaired) electrons. The average Bonchev–Trinajstić information content (AvgIpc) is 2.77. The van der Waals surface area contributed by atoms with E-state index in [4.69, 9.17) is 4.84 Å². The summed E-state index contributed by atoms with van der Waals surface area (Å²) in [7, 11) is 3.43. The van der Waals surface area contributed by atoms with Crippen LogP contribution in [0, 0.1) is 13.8 Å². The molecule has 1 saturated heterocycles. The Morgan fingerprint density at radius 1 is 1.28 bits per heavy atom. The predicted molar refractivity (Wildman–Crippen MR) is 98.9 cm³/mol. The monoisotopic (exact) mass is 342 g/mol. The molecule has 1 fully saturated rings. The van der Waals surface area contributed by atoms with Gasteiger partial charge in [0.15, 0.2) is 0 Å². The molecule has 1 amide bonds. The topological polar surface area (TPSA) is 53.0 Å². The van der Waals surface area contributed by atoms with Gasteiger partial charge in [0.2, 0.25) is 0 Å². The quantitative estimate of drug-likeness (QED) is 0.917. The van der Waals surface area contributed by atoms with Gasteiger partial charge in [0.1, 0.15) is 11.3 Å². The Hall–Kier alpha value is -2.11. The lowest BCUT2D eigenvalue weighted by atomic mass is 9.84. The average molecular weight is 342 g/mol. The van der Waals surface area contributed by atoms with Gasteiger partial charge in [-0.15, -0.1) is 0 Å². The van der Waals surface area contributed by atoms with Crippen LogP contribution in [0.3, 0.4) is 0 Å². The summed E-state index contributed by atoms with van der Waals surface area (Å²) in [5.74, 6) is 0.0595. The molecule has 0 aromatic heterocycles. The number of carbonyl (C=O) groups excluding carboxylic acids is 1. The van der Waals surface area contributed by atoms with Crippen molar-refractivity contribution in [3.05, 3.63) is 46.7 Å². The van der Waals surface area contributed by atoms with Crippen LogP contribution in [0.4, 0.5) is 0 Å². The highest BCUT2D eigenvalue weighted by molar-refractivity contribution is 6.24. The summed E-state index contributed by atoms with van der Waals surface area (Å²) in [6.07, 6.45) is 3.04. The lowest BCUT2D eigenvalue weighted by molar-refractivity contribution is -0.162. The largest absolute Gasteiger partial charge is 0.509 e. The van der Waals surface area contributed by atoms with E-state index in [0.29, 0.717) is 31.5 Å². The highest BCUT2D eigenvalue weighted by Crippen LogP contribution is 2.45. The summed E-state index contributed by atoms with van der Waals surface area (Å²) in [4.78, 5) is 20.1. The van der Waals surface area contributed by atoms with Crippen molar-refractivity contribution in [3.63, 3.8) is 0 Å². The zero-order chi connectivity index (χ0) is 18.4. The van der Waals surface area contributed by atoms with Crippen molar-refractivity contribution in [2.24, 2.45) is 0 Å². The number of hydroxylamine groups is 2. The normalized spacial score (nSPS) is 20.6. The number of amides is 1. The fraction of sp³-hybridized carbons (Fsp3) is 0.450. The Bertz CT molecular complexity index is 758. The van der Waals surface area contributed by atoms with Gasteiger partial charge in [-0.25, -0.2) is 0 Å². The van der Waals surface area contributed by atoms with Crippen molar-refractivity contribution in [1.82, 2.24) is 9.96 Å². The maximum atomic E-state index is 13.1. The van der Waals surface area contributed by atoms with Crippen LogP contribution < -0.4 is 0 Å². The van der Waals surface area contributed by atoms with Crippen LogP contribution >= 0.6 is 0 Å². The van der Waals surface area contributed by atoms with E-state index in [9.17, 15) is 9.90 Å². The smallest absolute Gasteiger partial charge is 0.258 e. The maximum absolute atomic E-state index is 13.1. The number of aryl methyl sites for hydroxylation is 2. The summed E-state index contributed by atoms with van der Waals surface area (Å²) in [6, 6.07) is 4.04. The number of likely N-dealkylation sites (N-methyl/N-ethyl adjacent to an activating group) is 1. The fourth-order valence-corrected chi connectivity index (χ4v) is 4.19. The minimum atomic E-state index is -0.642. The van der Waals surface area contributed by atoms with Crippen LogP contribution in [0.1, 0.15) is 35.1 Å². The van der Waals surface area contributed by atoms with Gasteiger partial charge in [0.05, 0.1) is 12.7 Å². The number of nitrogens with zero attached hydrogens (tertiary/aromatic N) is 2. The summed E-state index contributed by atoms with van der Waals surface area (Å²) < 4.78 is 0. The second kappa shape index (κ2) is 6.32. The van der Waals surface area contributed by atoms with Crippen LogP contribution in [0.5, 0.6) is 0 Å². The molecule has 0 atom stereocenters. The summed E-state index contributed by atoms with van der Waals surface area (Å²) >= 11 is 0. The second-order valence-corrected chi connectivity index (χ2v) is 6.98. The highest BCUT2D eigenvalue weighted by atomic mass is 16.7. The molecule has 1 spiro atoms. The molecule has 0 saturated carbocycles. The van der Waals surface area contributed by atoms with Gasteiger partial charge in [-0.1, -0.05) is 30.4 Å². The molecular weight excluding hydrogens is 316 g/mol. The van der Waals surface area contributed by atoms with Crippen molar-refractivity contribution in [1.29, 1.82) is 0 Å². The molecule has 0 unspecified atom stereocenters. The van der Waals surface area contributed by atoms with Crippen LogP contribution in [-0.2, 0) is 9.63 Å². The minimum absolute atomic E-state index is 0.126. The van der Waals surface area contributed by atoms with E-state index in [1.165, 1.54) is 0 Å².